The summed E-state index contributed by atoms with van der Waals surface area (Å²) in [6.45, 7) is 5.52. The van der Waals surface area contributed by atoms with Gasteiger partial charge in [0.2, 0.25) is 0 Å². The zero-order valence-corrected chi connectivity index (χ0v) is 12.5. The number of aryl methyl sites for hydroxylation is 1. The van der Waals surface area contributed by atoms with Crippen molar-refractivity contribution in [1.29, 1.82) is 0 Å². The van der Waals surface area contributed by atoms with Crippen LogP contribution in [0.3, 0.4) is 0 Å². The second-order valence-electron chi connectivity index (χ2n) is 5.83. The Labute approximate surface area is 124 Å². The molecule has 2 heterocycles. The van der Waals surface area contributed by atoms with Crippen molar-refractivity contribution in [3.05, 3.63) is 35.0 Å². The van der Waals surface area contributed by atoms with E-state index < -0.39 is 5.97 Å². The number of aromatic amines is 1. The van der Waals surface area contributed by atoms with Gasteiger partial charge in [-0.2, -0.15) is 0 Å². The highest BCUT2D eigenvalue weighted by Gasteiger charge is 2.15. The normalized spacial score (nSPS) is 15.9. The number of carbonyl (C=O) groups is 1. The summed E-state index contributed by atoms with van der Waals surface area (Å²) in [6, 6.07) is 3.60. The molecule has 0 bridgehead atoms. The van der Waals surface area contributed by atoms with Crippen LogP contribution >= 0.6 is 0 Å². The number of H-pyrrole nitrogens is 1. The van der Waals surface area contributed by atoms with Crippen LogP contribution in [0.5, 0.6) is 0 Å². The molecule has 0 spiro atoms. The Morgan fingerprint density at radius 1 is 1.29 bits per heavy atom. The van der Waals surface area contributed by atoms with Crippen molar-refractivity contribution in [3.8, 4) is 0 Å². The topological polar surface area (TPSA) is 56.3 Å². The number of carboxylic acid groups (broad SMARTS) is 1. The average molecular weight is 286 g/mol. The Balaban J connectivity index is 1.91. The van der Waals surface area contributed by atoms with E-state index in [0.29, 0.717) is 5.56 Å². The van der Waals surface area contributed by atoms with Crippen molar-refractivity contribution in [2.45, 2.75) is 32.6 Å². The van der Waals surface area contributed by atoms with E-state index in [-0.39, 0.29) is 0 Å². The van der Waals surface area contributed by atoms with Gasteiger partial charge in [-0.05, 0) is 62.0 Å². The first kappa shape index (κ1) is 14.1. The maximum Gasteiger partial charge on any atom is 0.335 e. The van der Waals surface area contributed by atoms with Crippen molar-refractivity contribution >= 4 is 16.9 Å². The van der Waals surface area contributed by atoms with Gasteiger partial charge in [-0.25, -0.2) is 4.79 Å². The molecule has 0 atom stereocenters. The fourth-order valence-electron chi connectivity index (χ4n) is 3.26. The number of benzene rings is 1. The number of aromatic nitrogens is 1. The number of aromatic carboxylic acids is 1. The predicted molar refractivity (Wildman–Crippen MR) is 84.0 cm³/mol. The summed E-state index contributed by atoms with van der Waals surface area (Å²) in [5.41, 5.74) is 3.80. The maximum atomic E-state index is 11.3. The largest absolute Gasteiger partial charge is 0.478 e. The summed E-state index contributed by atoms with van der Waals surface area (Å²) in [4.78, 5) is 17.1. The summed E-state index contributed by atoms with van der Waals surface area (Å²) in [7, 11) is 0. The third kappa shape index (κ3) is 2.81. The minimum absolute atomic E-state index is 0.390. The third-order valence-corrected chi connectivity index (χ3v) is 4.48. The number of hydrogen-bond acceptors (Lipinski definition) is 2. The van der Waals surface area contributed by atoms with Gasteiger partial charge in [0.15, 0.2) is 0 Å². The van der Waals surface area contributed by atoms with Gasteiger partial charge < -0.3 is 15.0 Å². The Morgan fingerprint density at radius 3 is 2.71 bits per heavy atom. The Kier molecular flexibility index (Phi) is 3.97. The number of fused-ring (bicyclic) bond motifs is 1. The highest BCUT2D eigenvalue weighted by atomic mass is 16.4. The average Bonchev–Trinajstić information content (AvgIpc) is 3.13. The molecule has 21 heavy (non-hydrogen) atoms. The highest BCUT2D eigenvalue weighted by molar-refractivity contribution is 5.96. The summed E-state index contributed by atoms with van der Waals surface area (Å²) >= 11 is 0. The fourth-order valence-corrected chi connectivity index (χ4v) is 3.26. The van der Waals surface area contributed by atoms with E-state index in [1.54, 1.807) is 6.07 Å². The summed E-state index contributed by atoms with van der Waals surface area (Å²) in [5, 5.41) is 10.4. The lowest BCUT2D eigenvalue weighted by Crippen LogP contribution is -2.21. The number of nitrogens with one attached hydrogen (secondary N) is 1. The van der Waals surface area contributed by atoms with Crippen LogP contribution in [0, 0.1) is 0 Å². The Hall–Kier alpha value is -1.81. The Morgan fingerprint density at radius 2 is 2.05 bits per heavy atom. The summed E-state index contributed by atoms with van der Waals surface area (Å²) in [6.07, 6.45) is 6.47. The van der Waals surface area contributed by atoms with Gasteiger partial charge in [-0.15, -0.1) is 0 Å². The molecular weight excluding hydrogens is 264 g/mol. The molecule has 1 aliphatic heterocycles. The molecule has 1 aromatic heterocycles. The van der Waals surface area contributed by atoms with Crippen molar-refractivity contribution in [1.82, 2.24) is 9.88 Å². The molecule has 0 saturated carbocycles. The lowest BCUT2D eigenvalue weighted by atomic mass is 10.0. The number of likely N-dealkylation sites (tertiary alicyclic amines) is 1. The second-order valence-corrected chi connectivity index (χ2v) is 5.83. The van der Waals surface area contributed by atoms with Crippen LogP contribution in [0.2, 0.25) is 0 Å². The molecule has 3 rings (SSSR count). The van der Waals surface area contributed by atoms with Gasteiger partial charge in [0, 0.05) is 23.6 Å². The number of hydrogen-bond donors (Lipinski definition) is 2. The van der Waals surface area contributed by atoms with Crippen LogP contribution in [-0.2, 0) is 12.8 Å². The van der Waals surface area contributed by atoms with E-state index in [1.807, 2.05) is 12.3 Å². The number of nitrogens with zero attached hydrogens (tertiary/aromatic N) is 1. The van der Waals surface area contributed by atoms with Crippen LogP contribution in [0.15, 0.2) is 18.3 Å². The molecule has 2 N–H and O–H groups in total. The lowest BCUT2D eigenvalue weighted by Gasteiger charge is -2.13. The van der Waals surface area contributed by atoms with Gasteiger partial charge in [0.05, 0.1) is 5.56 Å². The zero-order chi connectivity index (χ0) is 14.8. The first-order chi connectivity index (χ1) is 10.2. The van der Waals surface area contributed by atoms with Gasteiger partial charge in [0.1, 0.15) is 0 Å². The van der Waals surface area contributed by atoms with Crippen LogP contribution in [0.25, 0.3) is 10.9 Å². The first-order valence-electron chi connectivity index (χ1n) is 7.77. The molecule has 112 valence electrons. The zero-order valence-electron chi connectivity index (χ0n) is 12.5. The smallest absolute Gasteiger partial charge is 0.335 e. The molecular formula is C17H22N2O2. The van der Waals surface area contributed by atoms with Gasteiger partial charge in [-0.1, -0.05) is 6.92 Å². The second kappa shape index (κ2) is 5.90. The van der Waals surface area contributed by atoms with E-state index >= 15 is 0 Å². The van der Waals surface area contributed by atoms with Gasteiger partial charge in [0.25, 0.3) is 0 Å². The van der Waals surface area contributed by atoms with Crippen molar-refractivity contribution in [2.75, 3.05) is 19.6 Å². The molecule has 2 aromatic rings. The lowest BCUT2D eigenvalue weighted by molar-refractivity contribution is 0.0697. The molecule has 1 saturated heterocycles. The minimum Gasteiger partial charge on any atom is -0.478 e. The quantitative estimate of drug-likeness (QED) is 0.888. The van der Waals surface area contributed by atoms with Crippen LogP contribution in [-0.4, -0.2) is 40.6 Å². The molecule has 0 amide bonds. The SMILES string of the molecule is CCc1cc(C(=O)O)cc2c(CCN3CCCC3)c[nH]c12. The predicted octanol–water partition coefficient (Wildman–Crippen LogP) is 3.07. The molecule has 4 nitrogen and oxygen atoms in total. The summed E-state index contributed by atoms with van der Waals surface area (Å²) < 4.78 is 0. The van der Waals surface area contributed by atoms with Crippen LogP contribution < -0.4 is 0 Å². The van der Waals surface area contributed by atoms with Gasteiger partial charge >= 0.3 is 5.97 Å². The maximum absolute atomic E-state index is 11.3. The fraction of sp³-hybridized carbons (Fsp3) is 0.471. The van der Waals surface area contributed by atoms with Crippen LogP contribution in [0.1, 0.15) is 41.3 Å². The van der Waals surface area contributed by atoms with E-state index in [0.717, 1.165) is 35.9 Å². The highest BCUT2D eigenvalue weighted by Crippen LogP contribution is 2.25. The monoisotopic (exact) mass is 286 g/mol. The molecule has 1 aromatic carbocycles. The molecule has 0 unspecified atom stereocenters. The number of carboxylic acids is 1. The van der Waals surface area contributed by atoms with E-state index in [1.165, 1.54) is 31.5 Å². The van der Waals surface area contributed by atoms with Crippen molar-refractivity contribution < 1.29 is 9.90 Å². The van der Waals surface area contributed by atoms with Gasteiger partial charge in [-0.3, -0.25) is 0 Å². The van der Waals surface area contributed by atoms with Crippen LogP contribution in [0.4, 0.5) is 0 Å². The van der Waals surface area contributed by atoms with E-state index in [2.05, 4.69) is 16.8 Å². The molecule has 0 radical (unpaired) electrons. The molecule has 0 aliphatic carbocycles. The standard InChI is InChI=1S/C17H22N2O2/c1-2-12-9-14(17(20)21)10-15-13(11-18-16(12)15)5-8-19-6-3-4-7-19/h9-11,18H,2-8H2,1H3,(H,20,21). The molecule has 1 aliphatic rings. The van der Waals surface area contributed by atoms with Crippen molar-refractivity contribution in [2.24, 2.45) is 0 Å². The summed E-state index contributed by atoms with van der Waals surface area (Å²) in [5.74, 6) is -0.849. The Bertz CT molecular complexity index is 654. The van der Waals surface area contributed by atoms with Crippen molar-refractivity contribution in [3.63, 3.8) is 0 Å². The number of rotatable bonds is 5. The third-order valence-electron chi connectivity index (χ3n) is 4.48. The first-order valence-corrected chi connectivity index (χ1v) is 7.77. The van der Waals surface area contributed by atoms with E-state index in [4.69, 9.17) is 0 Å². The molecule has 1 fully saturated rings. The van der Waals surface area contributed by atoms with E-state index in [9.17, 15) is 9.90 Å². The minimum atomic E-state index is -0.849. The molecule has 4 heteroatoms.